The Bertz CT molecular complexity index is 1120. The van der Waals surface area contributed by atoms with E-state index in [1.165, 1.54) is 37.4 Å². The number of amides is 1. The molecule has 0 saturated heterocycles. The molecule has 32 heavy (non-hydrogen) atoms. The number of carbonyl (C=O) groups excluding carboxylic acids is 1. The normalized spacial score (nSPS) is 10.6. The maximum absolute atomic E-state index is 13.7. The van der Waals surface area contributed by atoms with Gasteiger partial charge in [0.15, 0.2) is 22.5 Å². The summed E-state index contributed by atoms with van der Waals surface area (Å²) in [4.78, 5) is 22.7. The quantitative estimate of drug-likeness (QED) is 0.276. The molecule has 1 amide bonds. The van der Waals surface area contributed by atoms with E-state index in [1.807, 2.05) is 6.92 Å². The molecule has 0 aliphatic rings. The Balaban J connectivity index is 1.61. The first-order chi connectivity index (χ1) is 15.4. The summed E-state index contributed by atoms with van der Waals surface area (Å²) in [7, 11) is 1.36. The number of nitrogens with one attached hydrogen (secondary N) is 1. The predicted molar refractivity (Wildman–Crippen MR) is 115 cm³/mol. The van der Waals surface area contributed by atoms with Crippen molar-refractivity contribution in [2.45, 2.75) is 25.2 Å². The highest BCUT2D eigenvalue weighted by atomic mass is 32.2. The zero-order valence-corrected chi connectivity index (χ0v) is 18.1. The van der Waals surface area contributed by atoms with Crippen LogP contribution in [0.5, 0.6) is 11.5 Å². The number of carbonyl (C=O) groups is 1. The second kappa shape index (κ2) is 10.6. The molecule has 1 aromatic heterocycles. The van der Waals surface area contributed by atoms with E-state index in [0.717, 1.165) is 11.8 Å². The standard InChI is InChI=1S/C20H20FN5O5S/c1-3-25-18(11-31-16-7-5-4-6-14(16)21)23-24-20(25)32-12-19(27)22-15-9-8-13(26(28)29)10-17(15)30-2/h4-10H,3,11-12H2,1-2H3,(H,22,27). The second-order valence-electron chi connectivity index (χ2n) is 6.34. The van der Waals surface area contributed by atoms with Crippen molar-refractivity contribution in [3.8, 4) is 11.5 Å². The molecule has 1 N–H and O–H groups in total. The number of hydrogen-bond donors (Lipinski definition) is 1. The third-order valence-corrected chi connectivity index (χ3v) is 5.27. The van der Waals surface area contributed by atoms with E-state index in [9.17, 15) is 19.3 Å². The van der Waals surface area contributed by atoms with Gasteiger partial charge < -0.3 is 19.4 Å². The van der Waals surface area contributed by atoms with Crippen LogP contribution in [-0.2, 0) is 17.9 Å². The Hall–Kier alpha value is -3.67. The summed E-state index contributed by atoms with van der Waals surface area (Å²) in [5.74, 6) is -0.00629. The Kier molecular flexibility index (Phi) is 7.60. The van der Waals surface area contributed by atoms with Crippen LogP contribution in [0.25, 0.3) is 0 Å². The van der Waals surface area contributed by atoms with Crippen LogP contribution in [0.3, 0.4) is 0 Å². The Morgan fingerprint density at radius 1 is 1.25 bits per heavy atom. The number of aromatic nitrogens is 3. The molecule has 0 spiro atoms. The predicted octanol–water partition coefficient (Wildman–Crippen LogP) is 3.66. The third kappa shape index (κ3) is 5.52. The number of nitrogens with zero attached hydrogens (tertiary/aromatic N) is 4. The zero-order chi connectivity index (χ0) is 23.1. The number of hydrogen-bond acceptors (Lipinski definition) is 8. The van der Waals surface area contributed by atoms with Crippen LogP contribution in [0.4, 0.5) is 15.8 Å². The molecule has 0 unspecified atom stereocenters. The molecule has 0 saturated carbocycles. The SMILES string of the molecule is CCn1c(COc2ccccc2F)nnc1SCC(=O)Nc1ccc([N+](=O)[O-])cc1OC. The summed E-state index contributed by atoms with van der Waals surface area (Å²) < 4.78 is 26.1. The molecule has 0 radical (unpaired) electrons. The number of halogens is 1. The molecule has 3 aromatic rings. The minimum Gasteiger partial charge on any atom is -0.494 e. The van der Waals surface area contributed by atoms with E-state index in [2.05, 4.69) is 15.5 Å². The van der Waals surface area contributed by atoms with Crippen LogP contribution in [0.1, 0.15) is 12.7 Å². The topological polar surface area (TPSA) is 121 Å². The zero-order valence-electron chi connectivity index (χ0n) is 17.3. The highest BCUT2D eigenvalue weighted by Crippen LogP contribution is 2.29. The highest BCUT2D eigenvalue weighted by molar-refractivity contribution is 7.99. The van der Waals surface area contributed by atoms with Crippen LogP contribution < -0.4 is 14.8 Å². The van der Waals surface area contributed by atoms with Crippen molar-refractivity contribution in [3.63, 3.8) is 0 Å². The lowest BCUT2D eigenvalue weighted by atomic mass is 10.2. The number of methoxy groups -OCH3 is 1. The summed E-state index contributed by atoms with van der Waals surface area (Å²) in [6.07, 6.45) is 0. The Labute approximate surface area is 186 Å². The summed E-state index contributed by atoms with van der Waals surface area (Å²) in [6, 6.07) is 9.99. The number of ether oxygens (including phenoxy) is 2. The van der Waals surface area contributed by atoms with Crippen LogP contribution >= 0.6 is 11.8 Å². The second-order valence-corrected chi connectivity index (χ2v) is 7.28. The number of rotatable bonds is 10. The first-order valence-corrected chi connectivity index (χ1v) is 10.5. The number of nitro benzene ring substituents is 1. The van der Waals surface area contributed by atoms with E-state index in [1.54, 1.807) is 16.7 Å². The number of anilines is 1. The lowest BCUT2D eigenvalue weighted by molar-refractivity contribution is -0.384. The van der Waals surface area contributed by atoms with Gasteiger partial charge in [0.2, 0.25) is 5.91 Å². The van der Waals surface area contributed by atoms with Crippen LogP contribution in [0.15, 0.2) is 47.6 Å². The molecule has 0 atom stereocenters. The maximum atomic E-state index is 13.7. The van der Waals surface area contributed by atoms with Crippen LogP contribution in [0.2, 0.25) is 0 Å². The number of non-ortho nitro benzene ring substituents is 1. The molecule has 0 aliphatic heterocycles. The van der Waals surface area contributed by atoms with Gasteiger partial charge in [0.25, 0.3) is 5.69 Å². The van der Waals surface area contributed by atoms with E-state index < -0.39 is 10.7 Å². The molecule has 2 aromatic carbocycles. The molecular weight excluding hydrogens is 441 g/mol. The highest BCUT2D eigenvalue weighted by Gasteiger charge is 2.16. The van der Waals surface area contributed by atoms with E-state index >= 15 is 0 Å². The molecule has 1 heterocycles. The summed E-state index contributed by atoms with van der Waals surface area (Å²) in [5, 5.41) is 22.2. The number of nitro groups is 1. The number of para-hydroxylation sites is 1. The average Bonchev–Trinajstić information content (AvgIpc) is 3.19. The van der Waals surface area contributed by atoms with Gasteiger partial charge in [-0.2, -0.15) is 0 Å². The fourth-order valence-electron chi connectivity index (χ4n) is 2.77. The smallest absolute Gasteiger partial charge is 0.273 e. The fraction of sp³-hybridized carbons (Fsp3) is 0.250. The lowest BCUT2D eigenvalue weighted by Crippen LogP contribution is -2.15. The largest absolute Gasteiger partial charge is 0.494 e. The van der Waals surface area contributed by atoms with E-state index in [0.29, 0.717) is 23.2 Å². The van der Waals surface area contributed by atoms with Gasteiger partial charge >= 0.3 is 0 Å². The molecule has 12 heteroatoms. The van der Waals surface area contributed by atoms with Crippen molar-refractivity contribution in [1.29, 1.82) is 0 Å². The van der Waals surface area contributed by atoms with Crippen molar-refractivity contribution < 1.29 is 23.6 Å². The number of thioether (sulfide) groups is 1. The van der Waals surface area contributed by atoms with Gasteiger partial charge in [0.1, 0.15) is 12.4 Å². The summed E-state index contributed by atoms with van der Waals surface area (Å²) >= 11 is 1.16. The monoisotopic (exact) mass is 461 g/mol. The van der Waals surface area contributed by atoms with Crippen molar-refractivity contribution in [3.05, 3.63) is 64.2 Å². The fourth-order valence-corrected chi connectivity index (χ4v) is 3.59. The van der Waals surface area contributed by atoms with Crippen LogP contribution in [0, 0.1) is 15.9 Å². The van der Waals surface area contributed by atoms with E-state index in [4.69, 9.17) is 9.47 Å². The average molecular weight is 461 g/mol. The first-order valence-electron chi connectivity index (χ1n) is 9.47. The van der Waals surface area contributed by atoms with Gasteiger partial charge in [-0.1, -0.05) is 23.9 Å². The van der Waals surface area contributed by atoms with E-state index in [-0.39, 0.29) is 35.5 Å². The molecular formula is C20H20FN5O5S. The van der Waals surface area contributed by atoms with Gasteiger partial charge in [-0.3, -0.25) is 14.9 Å². The summed E-state index contributed by atoms with van der Waals surface area (Å²) in [6.45, 7) is 2.44. The van der Waals surface area contributed by atoms with Gasteiger partial charge in [0.05, 0.1) is 29.5 Å². The van der Waals surface area contributed by atoms with Gasteiger partial charge in [-0.05, 0) is 25.1 Å². The van der Waals surface area contributed by atoms with Crippen molar-refractivity contribution in [2.24, 2.45) is 0 Å². The molecule has 0 bridgehead atoms. The maximum Gasteiger partial charge on any atom is 0.273 e. The van der Waals surface area contributed by atoms with Crippen molar-refractivity contribution in [1.82, 2.24) is 14.8 Å². The Morgan fingerprint density at radius 2 is 2.03 bits per heavy atom. The van der Waals surface area contributed by atoms with Gasteiger partial charge in [-0.15, -0.1) is 10.2 Å². The van der Waals surface area contributed by atoms with Crippen molar-refractivity contribution in [2.75, 3.05) is 18.2 Å². The number of benzene rings is 2. The Morgan fingerprint density at radius 3 is 2.72 bits per heavy atom. The van der Waals surface area contributed by atoms with Gasteiger partial charge in [-0.25, -0.2) is 4.39 Å². The van der Waals surface area contributed by atoms with Gasteiger partial charge in [0, 0.05) is 12.6 Å². The van der Waals surface area contributed by atoms with Crippen molar-refractivity contribution >= 4 is 29.0 Å². The molecule has 10 nitrogen and oxygen atoms in total. The molecule has 3 rings (SSSR count). The first kappa shape index (κ1) is 23.0. The molecule has 0 aliphatic carbocycles. The molecule has 168 valence electrons. The third-order valence-electron chi connectivity index (χ3n) is 4.31. The molecule has 0 fully saturated rings. The minimum absolute atomic E-state index is 0.0203. The lowest BCUT2D eigenvalue weighted by Gasteiger charge is -2.11. The van der Waals surface area contributed by atoms with Crippen LogP contribution in [-0.4, -0.2) is 38.5 Å². The minimum atomic E-state index is -0.547. The summed E-state index contributed by atoms with van der Waals surface area (Å²) in [5.41, 5.74) is 0.176.